The number of benzene rings is 1. The van der Waals surface area contributed by atoms with Crippen LogP contribution in [-0.4, -0.2) is 50.4 Å². The van der Waals surface area contributed by atoms with Gasteiger partial charge in [0.25, 0.3) is 5.91 Å². The zero-order chi connectivity index (χ0) is 30.4. The van der Waals surface area contributed by atoms with Gasteiger partial charge in [0.05, 0.1) is 16.9 Å². The first-order valence-corrected chi connectivity index (χ1v) is 14.4. The summed E-state index contributed by atoms with van der Waals surface area (Å²) >= 11 is 0. The highest BCUT2D eigenvalue weighted by Gasteiger charge is 2.37. The zero-order valence-corrected chi connectivity index (χ0v) is 25.0. The van der Waals surface area contributed by atoms with Crippen LogP contribution in [0.15, 0.2) is 36.8 Å². The molecule has 0 bridgehead atoms. The Hall–Kier alpha value is -4.15. The average molecular weight is 581 g/mol. The number of aryl methyl sites for hydroxylation is 2. The molecule has 1 aliphatic heterocycles. The van der Waals surface area contributed by atoms with Crippen molar-refractivity contribution in [3.05, 3.63) is 59.6 Å². The van der Waals surface area contributed by atoms with E-state index in [1.807, 2.05) is 47.7 Å². The fourth-order valence-electron chi connectivity index (χ4n) is 5.65. The van der Waals surface area contributed by atoms with E-state index in [2.05, 4.69) is 20.6 Å². The average Bonchev–Trinajstić information content (AvgIpc) is 3.50. The van der Waals surface area contributed by atoms with Gasteiger partial charge < -0.3 is 24.7 Å². The standard InChI is InChI=1S/C31H38F2N6O3/c1-7-31(35-29(41)42-30(4,5)6)9-11-37(12-10-31)24-15-23(33)26(27-21(24)18-39(8-2)36-27)28(40)34-20-14-22(32)25-13-19(3)16-38(25)17-20/h13-18H,7-12H2,1-6H3,(H,34,40)(H,35,41). The number of rotatable bonds is 6. The van der Waals surface area contributed by atoms with Crippen molar-refractivity contribution in [2.45, 2.75) is 78.5 Å². The van der Waals surface area contributed by atoms with E-state index in [4.69, 9.17) is 4.74 Å². The fourth-order valence-corrected chi connectivity index (χ4v) is 5.65. The first-order valence-electron chi connectivity index (χ1n) is 14.4. The molecule has 1 aromatic carbocycles. The van der Waals surface area contributed by atoms with Crippen LogP contribution < -0.4 is 15.5 Å². The molecular formula is C31H38F2N6O3. The van der Waals surface area contributed by atoms with E-state index >= 15 is 4.39 Å². The molecule has 1 aliphatic rings. The van der Waals surface area contributed by atoms with Crippen LogP contribution in [-0.2, 0) is 11.3 Å². The Morgan fingerprint density at radius 2 is 1.76 bits per heavy atom. The largest absolute Gasteiger partial charge is 0.444 e. The number of amides is 2. The van der Waals surface area contributed by atoms with E-state index in [0.717, 1.165) is 12.0 Å². The number of hydrogen-bond donors (Lipinski definition) is 2. The van der Waals surface area contributed by atoms with E-state index in [1.165, 1.54) is 12.1 Å². The van der Waals surface area contributed by atoms with Gasteiger partial charge in [0.15, 0.2) is 0 Å². The van der Waals surface area contributed by atoms with Crippen LogP contribution in [0.2, 0.25) is 0 Å². The predicted molar refractivity (Wildman–Crippen MR) is 159 cm³/mol. The molecule has 0 atom stereocenters. The fraction of sp³-hybridized carbons (Fsp3) is 0.452. The quantitative estimate of drug-likeness (QED) is 0.275. The maximum atomic E-state index is 15.8. The lowest BCUT2D eigenvalue weighted by Gasteiger charge is -2.43. The van der Waals surface area contributed by atoms with Gasteiger partial charge in [-0.3, -0.25) is 9.48 Å². The summed E-state index contributed by atoms with van der Waals surface area (Å²) in [5.74, 6) is -1.92. The lowest BCUT2D eigenvalue weighted by Crippen LogP contribution is -2.56. The minimum absolute atomic E-state index is 0.198. The molecule has 0 saturated carbocycles. The molecule has 0 aliphatic carbocycles. The Kier molecular flexibility index (Phi) is 7.63. The molecule has 0 spiro atoms. The van der Waals surface area contributed by atoms with E-state index < -0.39 is 34.8 Å². The van der Waals surface area contributed by atoms with Crippen molar-refractivity contribution in [3.8, 4) is 0 Å². The summed E-state index contributed by atoms with van der Waals surface area (Å²) in [6.07, 6.45) is 6.72. The number of nitrogens with zero attached hydrogens (tertiary/aromatic N) is 4. The Balaban J connectivity index is 1.42. The van der Waals surface area contributed by atoms with Gasteiger partial charge in [-0.05, 0) is 71.6 Å². The predicted octanol–water partition coefficient (Wildman–Crippen LogP) is 6.42. The van der Waals surface area contributed by atoms with Crippen LogP contribution in [0.5, 0.6) is 0 Å². The number of hydrogen-bond acceptors (Lipinski definition) is 5. The highest BCUT2D eigenvalue weighted by Crippen LogP contribution is 2.36. The number of carbonyl (C=O) groups excluding carboxylic acids is 2. The summed E-state index contributed by atoms with van der Waals surface area (Å²) in [7, 11) is 0. The highest BCUT2D eigenvalue weighted by atomic mass is 19.1. The molecule has 224 valence electrons. The topological polar surface area (TPSA) is 92.9 Å². The van der Waals surface area contributed by atoms with Crippen LogP contribution in [0.3, 0.4) is 0 Å². The monoisotopic (exact) mass is 580 g/mol. The van der Waals surface area contributed by atoms with Gasteiger partial charge in [-0.15, -0.1) is 0 Å². The molecular weight excluding hydrogens is 542 g/mol. The Labute approximate surface area is 243 Å². The van der Waals surface area contributed by atoms with Crippen LogP contribution in [0.4, 0.5) is 25.0 Å². The Morgan fingerprint density at radius 1 is 1.05 bits per heavy atom. The summed E-state index contributed by atoms with van der Waals surface area (Å²) in [5, 5.41) is 10.9. The third-order valence-corrected chi connectivity index (χ3v) is 7.88. The molecule has 0 unspecified atom stereocenters. The van der Waals surface area contributed by atoms with Crippen molar-refractivity contribution in [1.82, 2.24) is 19.5 Å². The van der Waals surface area contributed by atoms with Crippen molar-refractivity contribution in [2.75, 3.05) is 23.3 Å². The van der Waals surface area contributed by atoms with E-state index in [-0.39, 0.29) is 16.8 Å². The minimum Gasteiger partial charge on any atom is -0.444 e. The van der Waals surface area contributed by atoms with Crippen LogP contribution in [0, 0.1) is 18.6 Å². The van der Waals surface area contributed by atoms with E-state index in [1.54, 1.807) is 27.5 Å². The third-order valence-electron chi connectivity index (χ3n) is 7.88. The molecule has 5 rings (SSSR count). The first kappa shape index (κ1) is 29.3. The lowest BCUT2D eigenvalue weighted by molar-refractivity contribution is 0.0431. The molecule has 0 radical (unpaired) electrons. The summed E-state index contributed by atoms with van der Waals surface area (Å²) < 4.78 is 39.2. The minimum atomic E-state index is -0.714. The Bertz CT molecular complexity index is 1660. The number of piperidine rings is 1. The van der Waals surface area contributed by atoms with E-state index in [9.17, 15) is 14.0 Å². The molecule has 42 heavy (non-hydrogen) atoms. The van der Waals surface area contributed by atoms with Gasteiger partial charge in [-0.1, -0.05) is 6.92 Å². The highest BCUT2D eigenvalue weighted by molar-refractivity contribution is 6.14. The van der Waals surface area contributed by atoms with Gasteiger partial charge in [-0.25, -0.2) is 13.6 Å². The number of alkyl carbamates (subject to hydrolysis) is 1. The number of fused-ring (bicyclic) bond motifs is 2. The van der Waals surface area contributed by atoms with Gasteiger partial charge >= 0.3 is 6.09 Å². The smallest absolute Gasteiger partial charge is 0.408 e. The normalized spacial score (nSPS) is 15.3. The Morgan fingerprint density at radius 3 is 2.40 bits per heavy atom. The number of anilines is 2. The number of halogens is 2. The van der Waals surface area contributed by atoms with Crippen LogP contribution in [0.25, 0.3) is 16.4 Å². The number of nitrogens with one attached hydrogen (secondary N) is 2. The summed E-state index contributed by atoms with van der Waals surface area (Å²) in [6.45, 7) is 12.9. The van der Waals surface area contributed by atoms with Gasteiger partial charge in [-0.2, -0.15) is 5.10 Å². The molecule has 9 nitrogen and oxygen atoms in total. The molecule has 4 heterocycles. The van der Waals surface area contributed by atoms with Crippen LogP contribution >= 0.6 is 0 Å². The second kappa shape index (κ2) is 10.9. The molecule has 1 saturated heterocycles. The second-order valence-corrected chi connectivity index (χ2v) is 12.1. The lowest BCUT2D eigenvalue weighted by atomic mass is 9.84. The number of aromatic nitrogens is 3. The van der Waals surface area contributed by atoms with Crippen LogP contribution in [0.1, 0.15) is 69.8 Å². The molecule has 3 aromatic heterocycles. The molecule has 2 amide bonds. The van der Waals surface area contributed by atoms with Crippen molar-refractivity contribution < 1.29 is 23.1 Å². The molecule has 4 aromatic rings. The number of carbonyl (C=O) groups is 2. The van der Waals surface area contributed by atoms with Gasteiger partial charge in [0.1, 0.15) is 28.3 Å². The maximum Gasteiger partial charge on any atom is 0.408 e. The molecule has 2 N–H and O–H groups in total. The summed E-state index contributed by atoms with van der Waals surface area (Å²) in [4.78, 5) is 28.0. The SMILES string of the molecule is CCn1cc2c(N3CCC(CC)(NC(=O)OC(C)(C)C)CC3)cc(F)c(C(=O)Nc3cc(F)c4cc(C)cn4c3)c2n1. The van der Waals surface area contributed by atoms with Crippen molar-refractivity contribution in [2.24, 2.45) is 0 Å². The first-order chi connectivity index (χ1) is 19.8. The summed E-state index contributed by atoms with van der Waals surface area (Å²) in [5.41, 5.74) is 1.11. The summed E-state index contributed by atoms with van der Waals surface area (Å²) in [6, 6.07) is 4.30. The maximum absolute atomic E-state index is 15.8. The van der Waals surface area contributed by atoms with Gasteiger partial charge in [0, 0.05) is 55.2 Å². The van der Waals surface area contributed by atoms with E-state index in [0.29, 0.717) is 49.1 Å². The zero-order valence-electron chi connectivity index (χ0n) is 25.0. The second-order valence-electron chi connectivity index (χ2n) is 12.1. The van der Waals surface area contributed by atoms with Crippen molar-refractivity contribution in [1.29, 1.82) is 0 Å². The molecule has 1 fully saturated rings. The molecule has 11 heteroatoms. The third kappa shape index (κ3) is 5.77. The van der Waals surface area contributed by atoms with Crippen molar-refractivity contribution in [3.63, 3.8) is 0 Å². The number of pyridine rings is 1. The number of ether oxygens (including phenoxy) is 1. The van der Waals surface area contributed by atoms with Crippen molar-refractivity contribution >= 4 is 39.8 Å². The van der Waals surface area contributed by atoms with Gasteiger partial charge in [0.2, 0.25) is 0 Å².